The van der Waals surface area contributed by atoms with Crippen LogP contribution in [0.3, 0.4) is 0 Å². The number of thioether (sulfide) groups is 1. The zero-order valence-corrected chi connectivity index (χ0v) is 11.1. The summed E-state index contributed by atoms with van der Waals surface area (Å²) in [6.07, 6.45) is 0.504. The first-order valence-electron chi connectivity index (χ1n) is 4.91. The average molecular weight is 304 g/mol. The predicted octanol–water partition coefficient (Wildman–Crippen LogP) is 2.48. The van der Waals surface area contributed by atoms with Crippen LogP contribution in [0, 0.1) is 0 Å². The molecule has 1 aromatic carbocycles. The van der Waals surface area contributed by atoms with E-state index in [9.17, 15) is 4.79 Å². The highest BCUT2D eigenvalue weighted by Crippen LogP contribution is 2.21. The monoisotopic (exact) mass is 303 g/mol. The number of halogens is 1. The maximum absolute atomic E-state index is 10.5. The molecule has 0 heterocycles. The van der Waals surface area contributed by atoms with Crippen LogP contribution in [0.2, 0.25) is 0 Å². The summed E-state index contributed by atoms with van der Waals surface area (Å²) in [6.45, 7) is 0. The molecule has 0 aliphatic rings. The third-order valence-electron chi connectivity index (χ3n) is 2.11. The van der Waals surface area contributed by atoms with Gasteiger partial charge < -0.3 is 10.8 Å². The number of benzene rings is 1. The molecule has 1 aromatic rings. The summed E-state index contributed by atoms with van der Waals surface area (Å²) in [5.74, 6) is 0.698. The van der Waals surface area contributed by atoms with Crippen molar-refractivity contribution in [2.45, 2.75) is 18.2 Å². The second-order valence-electron chi connectivity index (χ2n) is 3.38. The van der Waals surface area contributed by atoms with Crippen LogP contribution < -0.4 is 5.73 Å². The van der Waals surface area contributed by atoms with E-state index in [1.54, 1.807) is 11.8 Å². The van der Waals surface area contributed by atoms with Gasteiger partial charge in [0.05, 0.1) is 0 Å². The predicted molar refractivity (Wildman–Crippen MR) is 70.5 cm³/mol. The Morgan fingerprint density at radius 2 is 2.19 bits per heavy atom. The quantitative estimate of drug-likeness (QED) is 0.793. The number of rotatable bonds is 6. The maximum Gasteiger partial charge on any atom is 0.320 e. The fraction of sp³-hybridized carbons (Fsp3) is 0.364. The van der Waals surface area contributed by atoms with E-state index in [1.807, 2.05) is 24.3 Å². The van der Waals surface area contributed by atoms with Gasteiger partial charge in [0.2, 0.25) is 0 Å². The fourth-order valence-corrected chi connectivity index (χ4v) is 2.78. The molecule has 0 unspecified atom stereocenters. The number of hydrogen-bond acceptors (Lipinski definition) is 3. The highest BCUT2D eigenvalue weighted by Gasteiger charge is 2.10. The molecule has 0 aromatic heterocycles. The van der Waals surface area contributed by atoms with Crippen molar-refractivity contribution in [1.29, 1.82) is 0 Å². The Morgan fingerprint density at radius 3 is 2.81 bits per heavy atom. The van der Waals surface area contributed by atoms with Crippen LogP contribution in [0.15, 0.2) is 28.7 Å². The number of hydrogen-bond donors (Lipinski definition) is 2. The molecule has 0 spiro atoms. The molecule has 0 aliphatic carbocycles. The molecular weight excluding hydrogens is 290 g/mol. The van der Waals surface area contributed by atoms with E-state index in [-0.39, 0.29) is 0 Å². The zero-order valence-electron chi connectivity index (χ0n) is 8.73. The summed E-state index contributed by atoms with van der Waals surface area (Å²) >= 11 is 5.16. The van der Waals surface area contributed by atoms with E-state index in [4.69, 9.17) is 10.8 Å². The van der Waals surface area contributed by atoms with E-state index in [2.05, 4.69) is 15.9 Å². The molecule has 0 bridgehead atoms. The van der Waals surface area contributed by atoms with E-state index < -0.39 is 12.0 Å². The molecule has 3 nitrogen and oxygen atoms in total. The third-order valence-corrected chi connectivity index (χ3v) is 3.92. The van der Waals surface area contributed by atoms with Crippen LogP contribution in [0.25, 0.3) is 0 Å². The molecule has 1 atom stereocenters. The van der Waals surface area contributed by atoms with E-state index in [0.29, 0.717) is 6.42 Å². The second-order valence-corrected chi connectivity index (χ2v) is 5.34. The number of carboxylic acid groups (broad SMARTS) is 1. The van der Waals surface area contributed by atoms with Gasteiger partial charge in [-0.25, -0.2) is 0 Å². The van der Waals surface area contributed by atoms with E-state index in [0.717, 1.165) is 16.0 Å². The van der Waals surface area contributed by atoms with E-state index in [1.165, 1.54) is 5.56 Å². The maximum atomic E-state index is 10.5. The number of nitrogens with two attached hydrogens (primary N) is 1. The van der Waals surface area contributed by atoms with Crippen molar-refractivity contribution < 1.29 is 9.90 Å². The highest BCUT2D eigenvalue weighted by molar-refractivity contribution is 9.10. The normalized spacial score (nSPS) is 12.4. The lowest BCUT2D eigenvalue weighted by Crippen LogP contribution is -2.30. The molecule has 3 N–H and O–H groups in total. The fourth-order valence-electron chi connectivity index (χ4n) is 1.13. The van der Waals surface area contributed by atoms with Gasteiger partial charge in [0.15, 0.2) is 0 Å². The number of carboxylic acids is 1. The lowest BCUT2D eigenvalue weighted by atomic mass is 10.2. The minimum Gasteiger partial charge on any atom is -0.480 e. The summed E-state index contributed by atoms with van der Waals surface area (Å²) in [5, 5.41) is 8.60. The van der Waals surface area contributed by atoms with Crippen LogP contribution in [0.4, 0.5) is 0 Å². The van der Waals surface area contributed by atoms with Crippen molar-refractivity contribution in [3.05, 3.63) is 34.3 Å². The van der Waals surface area contributed by atoms with Gasteiger partial charge in [0, 0.05) is 10.2 Å². The second kappa shape index (κ2) is 6.93. The SMILES string of the molecule is N[C@@H](CCSCc1ccccc1Br)C(=O)O. The minimum atomic E-state index is -0.929. The number of carbonyl (C=O) groups is 1. The van der Waals surface area contributed by atoms with E-state index >= 15 is 0 Å². The third kappa shape index (κ3) is 4.55. The summed E-state index contributed by atoms with van der Waals surface area (Å²) in [5.41, 5.74) is 6.62. The van der Waals surface area contributed by atoms with Gasteiger partial charge in [-0.1, -0.05) is 34.1 Å². The van der Waals surface area contributed by atoms with Crippen LogP contribution in [0.5, 0.6) is 0 Å². The molecule has 0 aliphatic heterocycles. The topological polar surface area (TPSA) is 63.3 Å². The van der Waals surface area contributed by atoms with Crippen molar-refractivity contribution in [1.82, 2.24) is 0 Å². The zero-order chi connectivity index (χ0) is 12.0. The lowest BCUT2D eigenvalue weighted by molar-refractivity contribution is -0.138. The minimum absolute atomic E-state index is 0.504. The first-order chi connectivity index (χ1) is 7.61. The Labute approximate surface area is 108 Å². The molecular formula is C11H14BrNO2S. The summed E-state index contributed by atoms with van der Waals surface area (Å²) in [4.78, 5) is 10.5. The average Bonchev–Trinajstić information content (AvgIpc) is 2.26. The van der Waals surface area contributed by atoms with Gasteiger partial charge in [0.25, 0.3) is 0 Å². The molecule has 16 heavy (non-hydrogen) atoms. The van der Waals surface area contributed by atoms with Crippen LogP contribution in [-0.2, 0) is 10.5 Å². The largest absolute Gasteiger partial charge is 0.480 e. The van der Waals surface area contributed by atoms with Crippen LogP contribution in [0.1, 0.15) is 12.0 Å². The van der Waals surface area contributed by atoms with Crippen LogP contribution in [-0.4, -0.2) is 22.9 Å². The first kappa shape index (κ1) is 13.5. The standard InChI is InChI=1S/C11H14BrNO2S/c12-9-4-2-1-3-8(9)7-16-6-5-10(13)11(14)15/h1-4,10H,5-7,13H2,(H,14,15)/t10-/m0/s1. The molecule has 0 radical (unpaired) electrons. The Kier molecular flexibility index (Phi) is 5.87. The van der Waals surface area contributed by atoms with Crippen molar-refractivity contribution in [2.75, 3.05) is 5.75 Å². The smallest absolute Gasteiger partial charge is 0.320 e. The Morgan fingerprint density at radius 1 is 1.50 bits per heavy atom. The van der Waals surface area contributed by atoms with Crippen LogP contribution >= 0.6 is 27.7 Å². The number of aliphatic carboxylic acids is 1. The van der Waals surface area contributed by atoms with Crippen molar-refractivity contribution in [3.63, 3.8) is 0 Å². The summed E-state index contributed by atoms with van der Waals surface area (Å²) in [7, 11) is 0. The van der Waals surface area contributed by atoms with Gasteiger partial charge in [-0.3, -0.25) is 4.79 Å². The Balaban J connectivity index is 2.26. The molecule has 1 rings (SSSR count). The molecule has 5 heteroatoms. The summed E-state index contributed by atoms with van der Waals surface area (Å²) in [6, 6.07) is 7.27. The molecule has 0 fully saturated rings. The van der Waals surface area contributed by atoms with Crippen molar-refractivity contribution in [3.8, 4) is 0 Å². The van der Waals surface area contributed by atoms with Crippen molar-refractivity contribution in [2.24, 2.45) is 5.73 Å². The highest BCUT2D eigenvalue weighted by atomic mass is 79.9. The van der Waals surface area contributed by atoms with Gasteiger partial charge in [0.1, 0.15) is 6.04 Å². The molecule has 0 saturated carbocycles. The van der Waals surface area contributed by atoms with Gasteiger partial charge >= 0.3 is 5.97 Å². The van der Waals surface area contributed by atoms with Gasteiger partial charge in [-0.2, -0.15) is 11.8 Å². The Hall–Kier alpha value is -0.520. The molecule has 0 amide bonds. The molecule has 88 valence electrons. The lowest BCUT2D eigenvalue weighted by Gasteiger charge is -2.06. The Bertz CT molecular complexity index is 360. The van der Waals surface area contributed by atoms with Crippen molar-refractivity contribution >= 4 is 33.7 Å². The van der Waals surface area contributed by atoms with Gasteiger partial charge in [-0.05, 0) is 23.8 Å². The summed E-state index contributed by atoms with van der Waals surface area (Å²) < 4.78 is 1.09. The van der Waals surface area contributed by atoms with Gasteiger partial charge in [-0.15, -0.1) is 0 Å². The first-order valence-corrected chi connectivity index (χ1v) is 6.85. The molecule has 0 saturated heterocycles.